The Morgan fingerprint density at radius 3 is 2.93 bits per heavy atom. The van der Waals surface area contributed by atoms with E-state index in [-0.39, 0.29) is 17.5 Å². The monoisotopic (exact) mass is 197 g/mol. The largest absolute Gasteiger partial charge is 0.433 e. The molecule has 0 bridgehead atoms. The van der Waals surface area contributed by atoms with E-state index < -0.39 is 4.92 Å². The summed E-state index contributed by atoms with van der Waals surface area (Å²) in [5, 5.41) is 21.1. The summed E-state index contributed by atoms with van der Waals surface area (Å²) in [5.41, 5.74) is 5.13. The fourth-order valence-corrected chi connectivity index (χ4v) is 0.731. The maximum Gasteiger partial charge on any atom is 0.433 e. The number of hydrogen-bond acceptors (Lipinski definition) is 5. The van der Waals surface area contributed by atoms with Crippen molar-refractivity contribution in [1.29, 1.82) is 0 Å². The van der Waals surface area contributed by atoms with Crippen LogP contribution in [0.4, 0.5) is 5.88 Å². The molecule has 7 nitrogen and oxygen atoms in total. The van der Waals surface area contributed by atoms with Gasteiger partial charge in [-0.25, -0.2) is 0 Å². The fourth-order valence-electron chi connectivity index (χ4n) is 0.731. The molecule has 0 amide bonds. The van der Waals surface area contributed by atoms with Gasteiger partial charge in [-0.2, -0.15) is 0 Å². The number of rotatable bonds is 3. The lowest BCUT2D eigenvalue weighted by atomic mass is 10.4. The van der Waals surface area contributed by atoms with Gasteiger partial charge in [0.2, 0.25) is 0 Å². The van der Waals surface area contributed by atoms with Gasteiger partial charge in [0.1, 0.15) is 10.7 Å². The van der Waals surface area contributed by atoms with Crippen LogP contribution in [-0.2, 0) is 0 Å². The van der Waals surface area contributed by atoms with E-state index in [0.717, 1.165) is 0 Å². The fraction of sp³-hybridized carbons (Fsp3) is 0. The van der Waals surface area contributed by atoms with Gasteiger partial charge < -0.3 is 15.4 Å². The Bertz CT molecular complexity index is 393. The van der Waals surface area contributed by atoms with Crippen LogP contribution in [0.5, 0.6) is 0 Å². The Balaban J connectivity index is 2.78. The van der Waals surface area contributed by atoms with E-state index in [1.165, 1.54) is 24.3 Å². The Kier molecular flexibility index (Phi) is 2.85. The molecule has 0 atom stereocenters. The highest BCUT2D eigenvalue weighted by molar-refractivity contribution is 5.94. The summed E-state index contributed by atoms with van der Waals surface area (Å²) in [4.78, 5) is 9.56. The summed E-state index contributed by atoms with van der Waals surface area (Å²) in [6.07, 6.45) is 2.60. The van der Waals surface area contributed by atoms with Gasteiger partial charge in [0.05, 0.1) is 6.07 Å². The van der Waals surface area contributed by atoms with Gasteiger partial charge in [0.15, 0.2) is 5.84 Å². The average molecular weight is 197 g/mol. The highest BCUT2D eigenvalue weighted by atomic mass is 16.6. The molecular formula is C7H7N3O4. The van der Waals surface area contributed by atoms with Crippen molar-refractivity contribution >= 4 is 17.8 Å². The van der Waals surface area contributed by atoms with Gasteiger partial charge in [-0.15, -0.1) is 0 Å². The Labute approximate surface area is 78.3 Å². The van der Waals surface area contributed by atoms with E-state index in [9.17, 15) is 10.1 Å². The van der Waals surface area contributed by atoms with Crippen LogP contribution in [-0.4, -0.2) is 16.0 Å². The minimum absolute atomic E-state index is 0.121. The van der Waals surface area contributed by atoms with Crippen molar-refractivity contribution < 1.29 is 14.5 Å². The van der Waals surface area contributed by atoms with Crippen LogP contribution in [0.15, 0.2) is 27.8 Å². The molecule has 0 unspecified atom stereocenters. The smallest absolute Gasteiger partial charge is 0.409 e. The normalized spacial score (nSPS) is 12.1. The van der Waals surface area contributed by atoms with Crippen LogP contribution in [0.3, 0.4) is 0 Å². The van der Waals surface area contributed by atoms with E-state index in [2.05, 4.69) is 5.16 Å². The van der Waals surface area contributed by atoms with Gasteiger partial charge in [-0.05, 0) is 18.2 Å². The van der Waals surface area contributed by atoms with E-state index in [1.807, 2.05) is 0 Å². The molecule has 74 valence electrons. The van der Waals surface area contributed by atoms with Gasteiger partial charge in [-0.3, -0.25) is 10.1 Å². The lowest BCUT2D eigenvalue weighted by Gasteiger charge is -1.85. The number of amidine groups is 1. The minimum atomic E-state index is -0.652. The zero-order chi connectivity index (χ0) is 10.6. The summed E-state index contributed by atoms with van der Waals surface area (Å²) >= 11 is 0. The Morgan fingerprint density at radius 2 is 2.43 bits per heavy atom. The Morgan fingerprint density at radius 1 is 1.71 bits per heavy atom. The summed E-state index contributed by atoms with van der Waals surface area (Å²) in [5.74, 6) is -0.225. The molecule has 0 radical (unpaired) electrons. The summed E-state index contributed by atoms with van der Waals surface area (Å²) < 4.78 is 4.76. The van der Waals surface area contributed by atoms with Gasteiger partial charge >= 0.3 is 5.88 Å². The van der Waals surface area contributed by atoms with E-state index in [0.29, 0.717) is 0 Å². The van der Waals surface area contributed by atoms with Crippen LogP contribution in [0.2, 0.25) is 0 Å². The first-order valence-corrected chi connectivity index (χ1v) is 3.53. The molecule has 1 rings (SSSR count). The lowest BCUT2D eigenvalue weighted by molar-refractivity contribution is -0.402. The SMILES string of the molecule is NC(/C=C/c1ccc([N+](=O)[O-])o1)=N\O. The highest BCUT2D eigenvalue weighted by Crippen LogP contribution is 2.16. The molecule has 1 aromatic rings. The third-order valence-electron chi connectivity index (χ3n) is 1.33. The lowest BCUT2D eigenvalue weighted by Crippen LogP contribution is -2.06. The predicted octanol–water partition coefficient (Wildman–Crippen LogP) is 0.947. The second-order valence-corrected chi connectivity index (χ2v) is 2.29. The van der Waals surface area contributed by atoms with Gasteiger partial charge in [0, 0.05) is 0 Å². The van der Waals surface area contributed by atoms with Crippen molar-refractivity contribution in [2.75, 3.05) is 0 Å². The van der Waals surface area contributed by atoms with E-state index in [4.69, 9.17) is 15.4 Å². The standard InChI is InChI=1S/C7H7N3O4/c8-6(9-11)3-1-5-2-4-7(14-5)10(12)13/h1-4,11H,(H2,8,9)/b3-1+. The summed E-state index contributed by atoms with van der Waals surface area (Å²) in [6, 6.07) is 2.62. The summed E-state index contributed by atoms with van der Waals surface area (Å²) in [6.45, 7) is 0. The number of furan rings is 1. The van der Waals surface area contributed by atoms with Crippen molar-refractivity contribution in [2.24, 2.45) is 10.9 Å². The number of nitro groups is 1. The van der Waals surface area contributed by atoms with Crippen molar-refractivity contribution in [1.82, 2.24) is 0 Å². The Hall–Kier alpha value is -2.31. The van der Waals surface area contributed by atoms with Crippen LogP contribution in [0, 0.1) is 10.1 Å². The van der Waals surface area contributed by atoms with Crippen LogP contribution < -0.4 is 5.73 Å². The van der Waals surface area contributed by atoms with Crippen molar-refractivity contribution in [3.05, 3.63) is 34.1 Å². The number of nitrogens with two attached hydrogens (primary N) is 1. The van der Waals surface area contributed by atoms with Crippen LogP contribution in [0.1, 0.15) is 5.76 Å². The van der Waals surface area contributed by atoms with Gasteiger partial charge in [0.25, 0.3) is 0 Å². The molecule has 0 saturated heterocycles. The van der Waals surface area contributed by atoms with Gasteiger partial charge in [-0.1, -0.05) is 5.16 Å². The molecular weight excluding hydrogens is 190 g/mol. The maximum absolute atomic E-state index is 10.2. The molecule has 0 spiro atoms. The number of hydrogen-bond donors (Lipinski definition) is 2. The van der Waals surface area contributed by atoms with Crippen molar-refractivity contribution in [2.45, 2.75) is 0 Å². The molecule has 0 saturated carbocycles. The molecule has 3 N–H and O–H groups in total. The first-order chi connectivity index (χ1) is 6.63. The highest BCUT2D eigenvalue weighted by Gasteiger charge is 2.09. The third-order valence-corrected chi connectivity index (χ3v) is 1.33. The number of nitrogens with zero attached hydrogens (tertiary/aromatic N) is 2. The quantitative estimate of drug-likeness (QED) is 0.246. The van der Waals surface area contributed by atoms with E-state index in [1.54, 1.807) is 0 Å². The van der Waals surface area contributed by atoms with Crippen molar-refractivity contribution in [3.8, 4) is 0 Å². The average Bonchev–Trinajstić information content (AvgIpc) is 2.62. The third kappa shape index (κ3) is 2.34. The maximum atomic E-state index is 10.2. The molecule has 0 aromatic carbocycles. The number of oxime groups is 1. The molecule has 0 fully saturated rings. The topological polar surface area (TPSA) is 115 Å². The second kappa shape index (κ2) is 4.08. The second-order valence-electron chi connectivity index (χ2n) is 2.29. The summed E-state index contributed by atoms with van der Waals surface area (Å²) in [7, 11) is 0. The molecule has 14 heavy (non-hydrogen) atoms. The molecule has 1 aromatic heterocycles. The zero-order valence-electron chi connectivity index (χ0n) is 6.95. The molecule has 0 aliphatic heterocycles. The van der Waals surface area contributed by atoms with Crippen LogP contribution >= 0.6 is 0 Å². The predicted molar refractivity (Wildman–Crippen MR) is 47.8 cm³/mol. The molecule has 0 aliphatic carbocycles. The van der Waals surface area contributed by atoms with E-state index >= 15 is 0 Å². The zero-order valence-corrected chi connectivity index (χ0v) is 6.95. The first-order valence-electron chi connectivity index (χ1n) is 3.53. The van der Waals surface area contributed by atoms with Crippen molar-refractivity contribution in [3.63, 3.8) is 0 Å². The molecule has 0 aliphatic rings. The molecule has 1 heterocycles. The van der Waals surface area contributed by atoms with Crippen LogP contribution in [0.25, 0.3) is 6.08 Å². The first kappa shape index (κ1) is 9.78. The molecule has 7 heteroatoms. The minimum Gasteiger partial charge on any atom is -0.409 e.